The molecule has 0 N–H and O–H groups in total. The molecule has 0 amide bonds. The summed E-state index contributed by atoms with van der Waals surface area (Å²) in [6.07, 6.45) is 0. The smallest absolute Gasteiger partial charge is 0.184 e. The van der Waals surface area contributed by atoms with Crippen molar-refractivity contribution < 1.29 is 9.53 Å². The molecule has 0 heterocycles. The largest absolute Gasteiger partial charge is 0.497 e. The molecule has 0 aliphatic rings. The molecule has 0 saturated heterocycles. The fourth-order valence-electron chi connectivity index (χ4n) is 2.11. The second-order valence-electron chi connectivity index (χ2n) is 4.61. The number of nitriles is 1. The van der Waals surface area contributed by atoms with Crippen LogP contribution in [-0.4, -0.2) is 12.9 Å². The van der Waals surface area contributed by atoms with Gasteiger partial charge in [-0.3, -0.25) is 4.79 Å². The third-order valence-electron chi connectivity index (χ3n) is 3.37. The van der Waals surface area contributed by atoms with Crippen molar-refractivity contribution in [3.63, 3.8) is 0 Å². The van der Waals surface area contributed by atoms with Crippen LogP contribution in [0, 0.1) is 18.3 Å². The van der Waals surface area contributed by atoms with E-state index in [1.54, 1.807) is 43.5 Å². The van der Waals surface area contributed by atoms with Crippen LogP contribution in [0.15, 0.2) is 46.9 Å². The summed E-state index contributed by atoms with van der Waals surface area (Å²) in [7, 11) is 1.58. The van der Waals surface area contributed by atoms with Crippen LogP contribution in [0.5, 0.6) is 5.75 Å². The summed E-state index contributed by atoms with van der Waals surface area (Å²) in [4.78, 5) is 12.6. The van der Waals surface area contributed by atoms with E-state index >= 15 is 0 Å². The molecule has 0 saturated carbocycles. The number of ketones is 1. The average molecular weight is 344 g/mol. The maximum Gasteiger partial charge on any atom is 0.184 e. The molecule has 2 aromatic rings. The number of nitrogens with zero attached hydrogens (tertiary/aromatic N) is 1. The zero-order chi connectivity index (χ0) is 15.4. The van der Waals surface area contributed by atoms with Gasteiger partial charge in [0.2, 0.25) is 0 Å². The van der Waals surface area contributed by atoms with Crippen molar-refractivity contribution in [3.8, 4) is 11.8 Å². The number of carbonyl (C=O) groups is 1. The van der Waals surface area contributed by atoms with E-state index in [4.69, 9.17) is 4.74 Å². The van der Waals surface area contributed by atoms with E-state index in [1.807, 2.05) is 13.0 Å². The Balaban J connectivity index is 2.39. The molecule has 0 radical (unpaired) electrons. The highest BCUT2D eigenvalue weighted by atomic mass is 79.9. The molecule has 0 fully saturated rings. The number of ether oxygens (including phenoxy) is 1. The van der Waals surface area contributed by atoms with Crippen LogP contribution in [0.1, 0.15) is 27.4 Å². The highest BCUT2D eigenvalue weighted by Gasteiger charge is 2.23. The number of carbonyl (C=O) groups excluding carboxylic acids is 1. The van der Waals surface area contributed by atoms with Gasteiger partial charge in [0.15, 0.2) is 5.78 Å². The van der Waals surface area contributed by atoms with Crippen molar-refractivity contribution >= 4 is 21.7 Å². The lowest BCUT2D eigenvalue weighted by Crippen LogP contribution is -2.12. The molecule has 1 unspecified atom stereocenters. The second-order valence-corrected chi connectivity index (χ2v) is 5.47. The van der Waals surface area contributed by atoms with Gasteiger partial charge >= 0.3 is 0 Å². The fourth-order valence-corrected chi connectivity index (χ4v) is 2.48. The molecule has 4 heteroatoms. The van der Waals surface area contributed by atoms with E-state index in [9.17, 15) is 10.1 Å². The van der Waals surface area contributed by atoms with E-state index < -0.39 is 5.92 Å². The second kappa shape index (κ2) is 6.55. The number of hydrogen-bond acceptors (Lipinski definition) is 3. The summed E-state index contributed by atoms with van der Waals surface area (Å²) in [6, 6.07) is 14.5. The highest BCUT2D eigenvalue weighted by molar-refractivity contribution is 9.10. The average Bonchev–Trinajstić information content (AvgIpc) is 2.51. The minimum atomic E-state index is -0.816. The number of hydrogen-bond donors (Lipinski definition) is 0. The third-order valence-corrected chi connectivity index (χ3v) is 4.23. The van der Waals surface area contributed by atoms with Gasteiger partial charge < -0.3 is 4.74 Å². The van der Waals surface area contributed by atoms with Crippen LogP contribution >= 0.6 is 15.9 Å². The zero-order valence-corrected chi connectivity index (χ0v) is 13.3. The fraction of sp³-hybridized carbons (Fsp3) is 0.176. The van der Waals surface area contributed by atoms with Crippen LogP contribution in [0.3, 0.4) is 0 Å². The minimum absolute atomic E-state index is 0.193. The molecule has 2 aromatic carbocycles. The van der Waals surface area contributed by atoms with Crippen molar-refractivity contribution in [2.45, 2.75) is 12.8 Å². The normalized spacial score (nSPS) is 11.5. The first-order valence-electron chi connectivity index (χ1n) is 6.41. The van der Waals surface area contributed by atoms with E-state index in [1.165, 1.54) is 0 Å². The minimum Gasteiger partial charge on any atom is -0.497 e. The van der Waals surface area contributed by atoms with Gasteiger partial charge in [-0.15, -0.1) is 0 Å². The Bertz CT molecular complexity index is 702. The lowest BCUT2D eigenvalue weighted by atomic mass is 9.90. The SMILES string of the molecule is COc1ccc(C(C#N)C(=O)c2cccc(Br)c2C)cc1. The van der Waals surface area contributed by atoms with Gasteiger partial charge in [-0.25, -0.2) is 0 Å². The van der Waals surface area contributed by atoms with Crippen LogP contribution in [0.2, 0.25) is 0 Å². The third kappa shape index (κ3) is 3.14. The predicted octanol–water partition coefficient (Wildman–Crippen LogP) is 4.26. The predicted molar refractivity (Wildman–Crippen MR) is 84.6 cm³/mol. The number of Topliss-reactive ketones (excluding diaryl/α,β-unsaturated/α-hetero) is 1. The standard InChI is InChI=1S/C17H14BrNO2/c1-11-14(4-3-5-16(11)18)17(20)15(10-19)12-6-8-13(21-2)9-7-12/h3-9,15H,1-2H3. The quantitative estimate of drug-likeness (QED) is 0.779. The van der Waals surface area contributed by atoms with E-state index in [0.717, 1.165) is 10.0 Å². The summed E-state index contributed by atoms with van der Waals surface area (Å²) >= 11 is 3.41. The van der Waals surface area contributed by atoms with Crippen LogP contribution in [0.4, 0.5) is 0 Å². The molecular weight excluding hydrogens is 330 g/mol. The van der Waals surface area contributed by atoms with Gasteiger partial charge in [0.25, 0.3) is 0 Å². The Hall–Kier alpha value is -2.12. The molecule has 21 heavy (non-hydrogen) atoms. The van der Waals surface area contributed by atoms with Gasteiger partial charge in [0.05, 0.1) is 13.2 Å². The van der Waals surface area contributed by atoms with E-state index in [2.05, 4.69) is 22.0 Å². The maximum absolute atomic E-state index is 12.6. The van der Waals surface area contributed by atoms with Crippen molar-refractivity contribution in [3.05, 3.63) is 63.6 Å². The van der Waals surface area contributed by atoms with Gasteiger partial charge in [-0.05, 0) is 36.2 Å². The Kier molecular flexibility index (Phi) is 4.77. The topological polar surface area (TPSA) is 50.1 Å². The van der Waals surface area contributed by atoms with Crippen LogP contribution in [-0.2, 0) is 0 Å². The molecular formula is C17H14BrNO2. The number of rotatable bonds is 4. The summed E-state index contributed by atoms with van der Waals surface area (Å²) in [5.41, 5.74) is 2.07. The van der Waals surface area contributed by atoms with Crippen LogP contribution in [0.25, 0.3) is 0 Å². The number of methoxy groups -OCH3 is 1. The Morgan fingerprint density at radius 1 is 1.24 bits per heavy atom. The number of benzene rings is 2. The molecule has 0 spiro atoms. The summed E-state index contributed by atoms with van der Waals surface area (Å²) in [5.74, 6) is -0.313. The molecule has 0 aromatic heterocycles. The maximum atomic E-state index is 12.6. The van der Waals surface area contributed by atoms with E-state index in [-0.39, 0.29) is 5.78 Å². The number of halogens is 1. The Labute approximate surface area is 132 Å². The lowest BCUT2D eigenvalue weighted by Gasteiger charge is -2.12. The Morgan fingerprint density at radius 3 is 2.48 bits per heavy atom. The zero-order valence-electron chi connectivity index (χ0n) is 11.8. The van der Waals surface area contributed by atoms with Gasteiger partial charge in [0, 0.05) is 10.0 Å². The van der Waals surface area contributed by atoms with E-state index in [0.29, 0.717) is 16.9 Å². The molecule has 2 rings (SSSR count). The highest BCUT2D eigenvalue weighted by Crippen LogP contribution is 2.27. The summed E-state index contributed by atoms with van der Waals surface area (Å²) in [5, 5.41) is 9.38. The Morgan fingerprint density at radius 2 is 1.90 bits per heavy atom. The lowest BCUT2D eigenvalue weighted by molar-refractivity contribution is 0.0978. The molecule has 106 valence electrons. The van der Waals surface area contributed by atoms with Gasteiger partial charge in [0.1, 0.15) is 11.7 Å². The van der Waals surface area contributed by atoms with Crippen molar-refractivity contribution in [1.29, 1.82) is 5.26 Å². The van der Waals surface area contributed by atoms with Gasteiger partial charge in [-0.1, -0.05) is 40.2 Å². The first kappa shape index (κ1) is 15.3. The molecule has 3 nitrogen and oxygen atoms in total. The first-order valence-corrected chi connectivity index (χ1v) is 7.20. The summed E-state index contributed by atoms with van der Waals surface area (Å²) in [6.45, 7) is 1.86. The van der Waals surface area contributed by atoms with Gasteiger partial charge in [-0.2, -0.15) is 5.26 Å². The molecule has 0 aliphatic carbocycles. The first-order chi connectivity index (χ1) is 10.1. The molecule has 1 atom stereocenters. The van der Waals surface area contributed by atoms with Crippen molar-refractivity contribution in [2.24, 2.45) is 0 Å². The van der Waals surface area contributed by atoms with Crippen molar-refractivity contribution in [1.82, 2.24) is 0 Å². The monoisotopic (exact) mass is 343 g/mol. The molecule has 0 aliphatic heterocycles. The van der Waals surface area contributed by atoms with Crippen molar-refractivity contribution in [2.75, 3.05) is 7.11 Å². The van der Waals surface area contributed by atoms with Crippen LogP contribution < -0.4 is 4.74 Å². The molecule has 0 bridgehead atoms. The summed E-state index contributed by atoms with van der Waals surface area (Å²) < 4.78 is 5.95.